The summed E-state index contributed by atoms with van der Waals surface area (Å²) in [5.74, 6) is -3.98. The number of halogens is 7. The van der Waals surface area contributed by atoms with Crippen LogP contribution in [0.25, 0.3) is 22.2 Å². The number of nitrogen functional groups attached to an aromatic ring is 1. The van der Waals surface area contributed by atoms with Gasteiger partial charge in [0.2, 0.25) is 0 Å². The van der Waals surface area contributed by atoms with Crippen LogP contribution in [0.5, 0.6) is 6.01 Å². The third kappa shape index (κ3) is 5.29. The van der Waals surface area contributed by atoms with Crippen LogP contribution in [0.1, 0.15) is 24.8 Å². The van der Waals surface area contributed by atoms with Crippen LogP contribution in [0.4, 0.5) is 38.0 Å². The molecule has 3 aromatic rings. The van der Waals surface area contributed by atoms with Crippen molar-refractivity contribution in [3.63, 3.8) is 0 Å². The third-order valence-electron chi connectivity index (χ3n) is 6.84. The molecule has 39 heavy (non-hydrogen) atoms. The molecule has 5 rings (SSSR count). The van der Waals surface area contributed by atoms with E-state index in [0.29, 0.717) is 19.0 Å². The molecule has 0 spiro atoms. The van der Waals surface area contributed by atoms with Gasteiger partial charge in [0.05, 0.1) is 22.8 Å². The van der Waals surface area contributed by atoms with E-state index in [-0.39, 0.29) is 36.4 Å². The quantitative estimate of drug-likeness (QED) is 0.389. The van der Waals surface area contributed by atoms with E-state index in [1.165, 1.54) is 11.0 Å². The zero-order valence-corrected chi connectivity index (χ0v) is 21.4. The van der Waals surface area contributed by atoms with Gasteiger partial charge in [0.25, 0.3) is 0 Å². The van der Waals surface area contributed by atoms with Gasteiger partial charge in [-0.15, -0.1) is 0 Å². The van der Waals surface area contributed by atoms with Crippen molar-refractivity contribution in [2.45, 2.75) is 31.5 Å². The Morgan fingerprint density at radius 1 is 1.13 bits per heavy atom. The molecule has 0 bridgehead atoms. The molecule has 0 radical (unpaired) electrons. The van der Waals surface area contributed by atoms with Crippen LogP contribution in [-0.2, 0) is 6.18 Å². The van der Waals surface area contributed by atoms with E-state index >= 15 is 4.39 Å². The number of fused-ring (bicyclic) bond motifs is 1. The SMILES string of the molecule is CN1CCCC1COc1nc(N2CCC=C(F)C2)c2cc(Cl)c(-c3nc(N)cc(F)c3C(F)(F)F)c(F)c2n1. The van der Waals surface area contributed by atoms with Crippen molar-refractivity contribution >= 4 is 34.1 Å². The Morgan fingerprint density at radius 3 is 2.56 bits per heavy atom. The molecule has 1 atom stereocenters. The number of pyridine rings is 1. The van der Waals surface area contributed by atoms with Gasteiger partial charge < -0.3 is 20.3 Å². The largest absolute Gasteiger partial charge is 0.462 e. The van der Waals surface area contributed by atoms with E-state index in [9.17, 15) is 22.0 Å². The molecule has 1 unspecified atom stereocenters. The van der Waals surface area contributed by atoms with Crippen molar-refractivity contribution in [2.24, 2.45) is 0 Å². The lowest BCUT2D eigenvalue weighted by atomic mass is 10.0. The second-order valence-electron chi connectivity index (χ2n) is 9.47. The number of likely N-dealkylation sites (N-methyl/N-ethyl adjacent to an activating group) is 1. The van der Waals surface area contributed by atoms with Crippen molar-refractivity contribution in [2.75, 3.05) is 43.9 Å². The highest BCUT2D eigenvalue weighted by molar-refractivity contribution is 6.34. The summed E-state index contributed by atoms with van der Waals surface area (Å²) in [6.07, 6.45) is -1.65. The maximum Gasteiger partial charge on any atom is 0.421 e. The van der Waals surface area contributed by atoms with E-state index < -0.39 is 56.8 Å². The Hall–Kier alpha value is -3.32. The Kier molecular flexibility index (Phi) is 7.23. The number of nitrogens with two attached hydrogens (primary N) is 1. The first-order valence-corrected chi connectivity index (χ1v) is 12.5. The normalized spacial score (nSPS) is 18.6. The van der Waals surface area contributed by atoms with Gasteiger partial charge in [-0.25, -0.2) is 18.2 Å². The molecule has 2 aromatic heterocycles. The number of anilines is 2. The minimum absolute atomic E-state index is 0.0132. The molecule has 14 heteroatoms. The second-order valence-corrected chi connectivity index (χ2v) is 9.88. The summed E-state index contributed by atoms with van der Waals surface area (Å²) in [5, 5.41) is -0.499. The number of benzene rings is 1. The lowest BCUT2D eigenvalue weighted by Crippen LogP contribution is -2.32. The van der Waals surface area contributed by atoms with Crippen LogP contribution in [0.2, 0.25) is 5.02 Å². The van der Waals surface area contributed by atoms with Gasteiger partial charge in [0, 0.05) is 24.0 Å². The van der Waals surface area contributed by atoms with Gasteiger partial charge in [0.1, 0.15) is 41.0 Å². The first kappa shape index (κ1) is 27.3. The standard InChI is InChI=1S/C25H23ClF6N6O/c1-37-6-3-5-13(37)11-39-24-35-21-14(23(36-24)38-7-2-4-12(27)10-38)8-15(26)18(20(21)29)22-19(25(30,31)32)16(28)9-17(33)34-22/h4,8-9,13H,2-3,5-7,10-11H2,1H3,(H2,33,34). The summed E-state index contributed by atoms with van der Waals surface area (Å²) >= 11 is 6.31. The molecular formula is C25H23ClF6N6O. The minimum Gasteiger partial charge on any atom is -0.462 e. The van der Waals surface area contributed by atoms with Crippen molar-refractivity contribution in [1.82, 2.24) is 19.9 Å². The molecule has 1 aromatic carbocycles. The number of rotatable bonds is 5. The number of aromatic nitrogens is 3. The topological polar surface area (TPSA) is 80.4 Å². The number of hydrogen-bond donors (Lipinski definition) is 1. The fraction of sp³-hybridized carbons (Fsp3) is 0.400. The van der Waals surface area contributed by atoms with Gasteiger partial charge in [-0.3, -0.25) is 0 Å². The van der Waals surface area contributed by atoms with Crippen molar-refractivity contribution in [3.8, 4) is 17.3 Å². The molecule has 2 N–H and O–H groups in total. The first-order chi connectivity index (χ1) is 18.4. The zero-order chi connectivity index (χ0) is 28.1. The summed E-state index contributed by atoms with van der Waals surface area (Å²) in [7, 11) is 1.93. The monoisotopic (exact) mass is 572 g/mol. The number of hydrogen-bond acceptors (Lipinski definition) is 7. The molecule has 0 saturated carbocycles. The van der Waals surface area contributed by atoms with Gasteiger partial charge in [-0.2, -0.15) is 23.1 Å². The highest BCUT2D eigenvalue weighted by Crippen LogP contribution is 2.44. The van der Waals surface area contributed by atoms with Crippen molar-refractivity contribution in [1.29, 1.82) is 0 Å². The molecule has 7 nitrogen and oxygen atoms in total. The summed E-state index contributed by atoms with van der Waals surface area (Å²) in [6, 6.07) is 1.35. The fourth-order valence-electron chi connectivity index (χ4n) is 4.91. The molecule has 4 heterocycles. The molecule has 1 saturated heterocycles. The molecular weight excluding hydrogens is 550 g/mol. The number of nitrogens with zero attached hydrogens (tertiary/aromatic N) is 5. The van der Waals surface area contributed by atoms with Gasteiger partial charge in [-0.1, -0.05) is 11.6 Å². The van der Waals surface area contributed by atoms with Crippen LogP contribution in [0, 0.1) is 11.6 Å². The highest BCUT2D eigenvalue weighted by atomic mass is 35.5. The van der Waals surface area contributed by atoms with E-state index in [1.54, 1.807) is 0 Å². The molecule has 2 aliphatic rings. The number of likely N-dealkylation sites (tertiary alicyclic amines) is 1. The van der Waals surface area contributed by atoms with Gasteiger partial charge in [0.15, 0.2) is 5.82 Å². The molecule has 208 valence electrons. The number of ether oxygens (including phenoxy) is 1. The average Bonchev–Trinajstić information content (AvgIpc) is 3.26. The first-order valence-electron chi connectivity index (χ1n) is 12.1. The molecule has 0 amide bonds. The van der Waals surface area contributed by atoms with E-state index in [2.05, 4.69) is 19.9 Å². The van der Waals surface area contributed by atoms with Gasteiger partial charge >= 0.3 is 12.2 Å². The predicted octanol–water partition coefficient (Wildman–Crippen LogP) is 5.76. The van der Waals surface area contributed by atoms with Crippen LogP contribution in [0.15, 0.2) is 24.0 Å². The lowest BCUT2D eigenvalue weighted by Gasteiger charge is -2.27. The Bertz CT molecular complexity index is 1470. The molecule has 1 fully saturated rings. The summed E-state index contributed by atoms with van der Waals surface area (Å²) in [6.45, 7) is 1.21. The zero-order valence-electron chi connectivity index (χ0n) is 20.6. The van der Waals surface area contributed by atoms with Crippen LogP contribution in [-0.4, -0.2) is 59.2 Å². The van der Waals surface area contributed by atoms with E-state index in [0.717, 1.165) is 25.5 Å². The van der Waals surface area contributed by atoms with Crippen molar-refractivity contribution < 1.29 is 31.1 Å². The van der Waals surface area contributed by atoms with E-state index in [1.807, 2.05) is 7.05 Å². The predicted molar refractivity (Wildman–Crippen MR) is 134 cm³/mol. The molecule has 2 aliphatic heterocycles. The maximum atomic E-state index is 16.1. The average molecular weight is 573 g/mol. The highest BCUT2D eigenvalue weighted by Gasteiger charge is 2.40. The summed E-state index contributed by atoms with van der Waals surface area (Å²) < 4.78 is 92.0. The van der Waals surface area contributed by atoms with Crippen LogP contribution >= 0.6 is 11.6 Å². The summed E-state index contributed by atoms with van der Waals surface area (Å²) in [5.41, 5.74) is 1.29. The third-order valence-corrected chi connectivity index (χ3v) is 7.13. The Morgan fingerprint density at radius 2 is 1.90 bits per heavy atom. The van der Waals surface area contributed by atoms with Crippen molar-refractivity contribution in [3.05, 3.63) is 46.3 Å². The number of alkyl halides is 3. The Labute approximate surface area is 224 Å². The lowest BCUT2D eigenvalue weighted by molar-refractivity contribution is -0.139. The maximum absolute atomic E-state index is 16.1. The second kappa shape index (κ2) is 10.3. The van der Waals surface area contributed by atoms with Crippen LogP contribution in [0.3, 0.4) is 0 Å². The van der Waals surface area contributed by atoms with Gasteiger partial charge in [-0.05, 0) is 45.0 Å². The fourth-order valence-corrected chi connectivity index (χ4v) is 5.19. The Balaban J connectivity index is 1.71. The van der Waals surface area contributed by atoms with Crippen LogP contribution < -0.4 is 15.4 Å². The summed E-state index contributed by atoms with van der Waals surface area (Å²) in [4.78, 5) is 15.7. The minimum atomic E-state index is -5.24. The smallest absolute Gasteiger partial charge is 0.421 e. The molecule has 0 aliphatic carbocycles. The van der Waals surface area contributed by atoms with E-state index in [4.69, 9.17) is 22.1 Å².